The van der Waals surface area contributed by atoms with Crippen molar-refractivity contribution in [1.82, 2.24) is 40.1 Å². The number of aromatic nitrogens is 6. The number of amides is 1. The molecular weight excluding hydrogens is 705 g/mol. The van der Waals surface area contributed by atoms with Gasteiger partial charge in [0, 0.05) is 52.0 Å². The van der Waals surface area contributed by atoms with Crippen LogP contribution in [0.25, 0.3) is 20.4 Å². The van der Waals surface area contributed by atoms with Crippen LogP contribution in [-0.4, -0.2) is 87.5 Å². The van der Waals surface area contributed by atoms with Crippen LogP contribution in [-0.2, 0) is 4.79 Å². The number of fused-ring (bicyclic) bond motifs is 2. The first-order valence-corrected chi connectivity index (χ1v) is 19.1. The number of benzene rings is 2. The van der Waals surface area contributed by atoms with Gasteiger partial charge in [0.05, 0.1) is 44.0 Å². The summed E-state index contributed by atoms with van der Waals surface area (Å²) in [6.07, 6.45) is 6.83. The van der Waals surface area contributed by atoms with Crippen LogP contribution >= 0.6 is 22.7 Å². The first-order valence-electron chi connectivity index (χ1n) is 17.5. The molecule has 1 aliphatic heterocycles. The lowest BCUT2D eigenvalue weighted by atomic mass is 10.1. The van der Waals surface area contributed by atoms with Crippen molar-refractivity contribution in [3.05, 3.63) is 94.5 Å². The minimum atomic E-state index is -0.525. The van der Waals surface area contributed by atoms with Crippen LogP contribution in [0.2, 0.25) is 0 Å². The zero-order valence-electron chi connectivity index (χ0n) is 29.6. The molecule has 6 aromatic rings. The van der Waals surface area contributed by atoms with Gasteiger partial charge in [-0.15, -0.1) is 22.7 Å². The van der Waals surface area contributed by atoms with Crippen LogP contribution in [0.3, 0.4) is 0 Å². The van der Waals surface area contributed by atoms with Crippen molar-refractivity contribution in [2.24, 2.45) is 0 Å². The number of nitriles is 2. The van der Waals surface area contributed by atoms with E-state index >= 15 is 0 Å². The van der Waals surface area contributed by atoms with Gasteiger partial charge in [-0.25, -0.2) is 29.9 Å². The summed E-state index contributed by atoms with van der Waals surface area (Å²) < 4.78 is 2.14. The van der Waals surface area contributed by atoms with Gasteiger partial charge in [0.25, 0.3) is 0 Å². The van der Waals surface area contributed by atoms with E-state index in [4.69, 9.17) is 0 Å². The molecule has 0 aliphatic carbocycles. The van der Waals surface area contributed by atoms with Crippen molar-refractivity contribution in [3.63, 3.8) is 0 Å². The Morgan fingerprint density at radius 1 is 0.830 bits per heavy atom. The summed E-state index contributed by atoms with van der Waals surface area (Å²) in [4.78, 5) is 42.5. The third-order valence-corrected chi connectivity index (χ3v) is 10.8. The summed E-state index contributed by atoms with van der Waals surface area (Å²) in [5.41, 5.74) is 3.13. The molecule has 0 radical (unpaired) electrons. The first kappa shape index (κ1) is 37.2. The molecule has 2 N–H and O–H groups in total. The second-order valence-corrected chi connectivity index (χ2v) is 14.5. The topological polar surface area (TPSA) is 173 Å². The zero-order chi connectivity index (χ0) is 37.0. The molecule has 1 fully saturated rings. The highest BCUT2D eigenvalue weighted by atomic mass is 32.1. The van der Waals surface area contributed by atoms with E-state index in [-0.39, 0.29) is 5.91 Å². The number of carbonyl (C=O) groups is 1. The van der Waals surface area contributed by atoms with Crippen LogP contribution in [0.1, 0.15) is 58.9 Å². The highest BCUT2D eigenvalue weighted by molar-refractivity contribution is 7.19. The Morgan fingerprint density at radius 3 is 2.04 bits per heavy atom. The molecule has 270 valence electrons. The molecule has 4 aromatic heterocycles. The van der Waals surface area contributed by atoms with Gasteiger partial charge in [0.15, 0.2) is 0 Å². The highest BCUT2D eigenvalue weighted by Crippen LogP contribution is 2.32. The number of rotatable bonds is 14. The molecule has 7 rings (SSSR count). The quantitative estimate of drug-likeness (QED) is 0.126. The minimum absolute atomic E-state index is 0.242. The second kappa shape index (κ2) is 18.2. The van der Waals surface area contributed by atoms with E-state index in [0.29, 0.717) is 36.3 Å². The molecule has 1 amide bonds. The number of para-hydroxylation sites is 2. The fourth-order valence-electron chi connectivity index (χ4n) is 5.85. The molecular formula is C38H40N12OS2. The van der Waals surface area contributed by atoms with Gasteiger partial charge < -0.3 is 20.4 Å². The molecule has 13 nitrogen and oxygen atoms in total. The van der Waals surface area contributed by atoms with Gasteiger partial charge in [0.2, 0.25) is 17.8 Å². The SMILES string of the molecule is CNCCCN(C)c1nccc(C(C#N)c2nc3ccccc3s2)n1.N#CC(c1ccnc(NCCCN2CCCC2=O)n1)c1nc2ccccc2s1. The highest BCUT2D eigenvalue weighted by Gasteiger charge is 2.22. The molecule has 53 heavy (non-hydrogen) atoms. The van der Waals surface area contributed by atoms with Crippen molar-refractivity contribution in [2.45, 2.75) is 37.5 Å². The summed E-state index contributed by atoms with van der Waals surface area (Å²) in [7, 11) is 3.90. The smallest absolute Gasteiger partial charge is 0.225 e. The lowest BCUT2D eigenvalue weighted by Gasteiger charge is -2.17. The number of hydrogen-bond donors (Lipinski definition) is 2. The third-order valence-electron chi connectivity index (χ3n) is 8.63. The maximum Gasteiger partial charge on any atom is 0.225 e. The predicted molar refractivity (Wildman–Crippen MR) is 209 cm³/mol. The van der Waals surface area contributed by atoms with E-state index in [2.05, 4.69) is 52.7 Å². The molecule has 0 saturated carbocycles. The molecule has 1 aliphatic rings. The van der Waals surface area contributed by atoms with Gasteiger partial charge >= 0.3 is 0 Å². The van der Waals surface area contributed by atoms with E-state index in [1.54, 1.807) is 35.9 Å². The minimum Gasteiger partial charge on any atom is -0.354 e. The molecule has 1 saturated heterocycles. The van der Waals surface area contributed by atoms with Crippen LogP contribution in [0.15, 0.2) is 73.1 Å². The number of carbonyl (C=O) groups excluding carboxylic acids is 1. The van der Waals surface area contributed by atoms with E-state index in [0.717, 1.165) is 75.9 Å². The molecule has 2 atom stereocenters. The Kier molecular flexibility index (Phi) is 12.8. The number of nitrogens with zero attached hydrogens (tertiary/aromatic N) is 10. The van der Waals surface area contributed by atoms with Gasteiger partial charge in [-0.2, -0.15) is 10.5 Å². The van der Waals surface area contributed by atoms with E-state index in [1.807, 2.05) is 72.4 Å². The first-order chi connectivity index (χ1) is 26.0. The van der Waals surface area contributed by atoms with Gasteiger partial charge in [-0.3, -0.25) is 4.79 Å². The van der Waals surface area contributed by atoms with E-state index in [9.17, 15) is 15.3 Å². The molecule has 0 spiro atoms. The molecule has 2 aromatic carbocycles. The fourth-order valence-corrected chi connectivity index (χ4v) is 7.90. The Balaban J connectivity index is 0.000000183. The van der Waals surface area contributed by atoms with Crippen LogP contribution in [0.5, 0.6) is 0 Å². The standard InChI is InChI=1S/C20H20N6OS.C18H20N6S/c21-13-14(19-24-16-5-1-2-6-17(16)28-19)15-8-10-23-20(25-15)22-9-4-12-26-11-3-7-18(26)27;1-20-9-5-11-24(2)18-21-10-8-14(23-18)13(12-19)17-22-15-6-3-4-7-16(15)25-17/h1-2,5-6,8,10,14H,3-4,7,9,11-12H2,(H,22,23,25);3-4,6-8,10,13,20H,5,9,11H2,1-2H3. The summed E-state index contributed by atoms with van der Waals surface area (Å²) >= 11 is 3.05. The monoisotopic (exact) mass is 744 g/mol. The predicted octanol–water partition coefficient (Wildman–Crippen LogP) is 5.95. The van der Waals surface area contributed by atoms with Crippen molar-refractivity contribution < 1.29 is 4.79 Å². The molecule has 5 heterocycles. The number of likely N-dealkylation sites (tertiary alicyclic amines) is 1. The second-order valence-electron chi connectivity index (χ2n) is 12.4. The van der Waals surface area contributed by atoms with Crippen molar-refractivity contribution in [3.8, 4) is 12.1 Å². The number of nitrogens with one attached hydrogen (secondary N) is 2. The summed E-state index contributed by atoms with van der Waals surface area (Å²) in [6, 6.07) is 24.0. The van der Waals surface area contributed by atoms with Crippen molar-refractivity contribution >= 4 is 60.9 Å². The number of hydrogen-bond acceptors (Lipinski definition) is 14. The maximum atomic E-state index is 11.6. The average Bonchev–Trinajstić information content (AvgIpc) is 3.93. The summed E-state index contributed by atoms with van der Waals surface area (Å²) in [5, 5.41) is 27.2. The summed E-state index contributed by atoms with van der Waals surface area (Å²) in [6.45, 7) is 4.07. The van der Waals surface area contributed by atoms with Crippen LogP contribution < -0.4 is 15.5 Å². The fraction of sp³-hybridized carbons (Fsp3) is 0.342. The lowest BCUT2D eigenvalue weighted by Crippen LogP contribution is -2.27. The third kappa shape index (κ3) is 9.44. The molecule has 15 heteroatoms. The van der Waals surface area contributed by atoms with Crippen molar-refractivity contribution in [2.75, 3.05) is 57.0 Å². The van der Waals surface area contributed by atoms with E-state index in [1.165, 1.54) is 11.3 Å². The Labute approximate surface area is 316 Å². The Morgan fingerprint density at radius 2 is 1.45 bits per heavy atom. The molecule has 2 unspecified atom stereocenters. The van der Waals surface area contributed by atoms with Gasteiger partial charge in [-0.05, 0) is 69.3 Å². The number of thiazole rings is 2. The van der Waals surface area contributed by atoms with Gasteiger partial charge in [-0.1, -0.05) is 24.3 Å². The summed E-state index contributed by atoms with van der Waals surface area (Å²) in [5.74, 6) is 0.362. The zero-order valence-corrected chi connectivity index (χ0v) is 31.3. The van der Waals surface area contributed by atoms with Crippen LogP contribution in [0.4, 0.5) is 11.9 Å². The van der Waals surface area contributed by atoms with Crippen LogP contribution in [0, 0.1) is 22.7 Å². The average molecular weight is 745 g/mol. The number of anilines is 2. The molecule has 0 bridgehead atoms. The Hall–Kier alpha value is -5.61. The van der Waals surface area contributed by atoms with Crippen molar-refractivity contribution in [1.29, 1.82) is 10.5 Å². The lowest BCUT2D eigenvalue weighted by molar-refractivity contribution is -0.127. The van der Waals surface area contributed by atoms with E-state index < -0.39 is 11.8 Å². The Bertz CT molecular complexity index is 2160. The maximum absolute atomic E-state index is 11.6. The van der Waals surface area contributed by atoms with Gasteiger partial charge in [0.1, 0.15) is 21.9 Å². The normalized spacial score (nSPS) is 13.6. The largest absolute Gasteiger partial charge is 0.354 e.